The number of likely N-dealkylation sites (N-methyl/N-ethyl adjacent to an activating group) is 1. The van der Waals surface area contributed by atoms with Crippen LogP contribution in [0.15, 0.2) is 36.5 Å². The number of hydrogen-bond donors (Lipinski definition) is 1. The number of hydrogen-bond acceptors (Lipinski definition) is 5. The third-order valence-electron chi connectivity index (χ3n) is 3.89. The van der Waals surface area contributed by atoms with Gasteiger partial charge in [-0.3, -0.25) is 9.59 Å². The van der Waals surface area contributed by atoms with E-state index < -0.39 is 0 Å². The Hall–Kier alpha value is -2.45. The monoisotopic (exact) mass is 364 g/mol. The summed E-state index contributed by atoms with van der Waals surface area (Å²) in [5.41, 5.74) is 0.991. The topological polar surface area (TPSA) is 83.4 Å². The van der Waals surface area contributed by atoms with E-state index in [1.54, 1.807) is 11.9 Å². The molecule has 0 aliphatic carbocycles. The maximum atomic E-state index is 12.4. The fourth-order valence-electron chi connectivity index (χ4n) is 2.53. The Bertz CT molecular complexity index is 714. The number of halogens is 1. The van der Waals surface area contributed by atoms with Crippen LogP contribution in [0.5, 0.6) is 0 Å². The van der Waals surface area contributed by atoms with Gasteiger partial charge in [0.15, 0.2) is 5.69 Å². The van der Waals surface area contributed by atoms with Crippen molar-refractivity contribution in [3.63, 3.8) is 0 Å². The summed E-state index contributed by atoms with van der Waals surface area (Å²) < 4.78 is 0. The van der Waals surface area contributed by atoms with Crippen molar-refractivity contribution in [3.8, 4) is 5.69 Å². The molecule has 0 spiro atoms. The predicted molar refractivity (Wildman–Crippen MR) is 95.0 cm³/mol. The highest BCUT2D eigenvalue weighted by atomic mass is 35.5. The number of nitrogens with one attached hydrogen (secondary N) is 1. The summed E-state index contributed by atoms with van der Waals surface area (Å²) in [6, 6.07) is 9.35. The molecule has 9 heteroatoms. The van der Waals surface area contributed by atoms with Crippen LogP contribution in [0.2, 0.25) is 0 Å². The van der Waals surface area contributed by atoms with Crippen molar-refractivity contribution in [1.82, 2.24) is 30.1 Å². The Balaban J connectivity index is 0.00000225. The average Bonchev–Trinajstić information content (AvgIpc) is 3.12. The van der Waals surface area contributed by atoms with Crippen molar-refractivity contribution < 1.29 is 9.59 Å². The maximum Gasteiger partial charge on any atom is 0.276 e. The van der Waals surface area contributed by atoms with Crippen LogP contribution in [0.4, 0.5) is 0 Å². The van der Waals surface area contributed by atoms with Gasteiger partial charge in [-0.05, 0) is 12.1 Å². The second-order valence-corrected chi connectivity index (χ2v) is 5.65. The van der Waals surface area contributed by atoms with Crippen molar-refractivity contribution in [2.45, 2.75) is 0 Å². The number of aromatic nitrogens is 3. The third-order valence-corrected chi connectivity index (χ3v) is 3.89. The summed E-state index contributed by atoms with van der Waals surface area (Å²) in [7, 11) is 1.60. The number of rotatable bonds is 4. The number of carbonyl (C=O) groups is 2. The van der Waals surface area contributed by atoms with E-state index >= 15 is 0 Å². The Morgan fingerprint density at radius 2 is 1.88 bits per heavy atom. The van der Waals surface area contributed by atoms with Gasteiger partial charge in [0.05, 0.1) is 18.4 Å². The second-order valence-electron chi connectivity index (χ2n) is 5.65. The first-order chi connectivity index (χ1) is 11.6. The molecule has 134 valence electrons. The first-order valence-electron chi connectivity index (χ1n) is 7.87. The van der Waals surface area contributed by atoms with Crippen molar-refractivity contribution in [3.05, 3.63) is 42.2 Å². The summed E-state index contributed by atoms with van der Waals surface area (Å²) in [4.78, 5) is 29.2. The molecule has 1 aliphatic heterocycles. The van der Waals surface area contributed by atoms with Gasteiger partial charge in [-0.1, -0.05) is 18.2 Å². The number of carbonyl (C=O) groups excluding carboxylic acids is 2. The number of benzene rings is 1. The molecule has 1 fully saturated rings. The second kappa shape index (κ2) is 8.59. The molecule has 2 amide bonds. The Labute approximate surface area is 152 Å². The van der Waals surface area contributed by atoms with Crippen molar-refractivity contribution in [2.75, 3.05) is 39.8 Å². The van der Waals surface area contributed by atoms with E-state index in [1.807, 2.05) is 30.3 Å². The number of amides is 2. The van der Waals surface area contributed by atoms with Crippen LogP contribution in [-0.4, -0.2) is 76.4 Å². The van der Waals surface area contributed by atoms with Gasteiger partial charge in [0.25, 0.3) is 5.91 Å². The summed E-state index contributed by atoms with van der Waals surface area (Å²) in [5.74, 6) is -0.372. The number of nitrogens with zero attached hydrogens (tertiary/aromatic N) is 5. The molecule has 8 nitrogen and oxygen atoms in total. The standard InChI is InChI=1S/C16H20N6O2.ClH/c1-20(12-15(23)21-9-7-17-8-10-21)16(24)14-11-18-22(19-14)13-5-3-2-4-6-13;/h2-6,11,17H,7-10,12H2,1H3;1H. The molecular weight excluding hydrogens is 344 g/mol. The lowest BCUT2D eigenvalue weighted by atomic mass is 10.3. The first-order valence-corrected chi connectivity index (χ1v) is 7.87. The SMILES string of the molecule is CN(CC(=O)N1CCNCC1)C(=O)c1cnn(-c2ccccc2)n1.Cl. The summed E-state index contributed by atoms with van der Waals surface area (Å²) in [5, 5.41) is 11.5. The molecule has 25 heavy (non-hydrogen) atoms. The van der Waals surface area contributed by atoms with Crippen molar-refractivity contribution in [2.24, 2.45) is 0 Å². The van der Waals surface area contributed by atoms with Gasteiger partial charge in [-0.15, -0.1) is 17.5 Å². The Morgan fingerprint density at radius 3 is 2.56 bits per heavy atom. The van der Waals surface area contributed by atoms with Crippen LogP contribution in [0, 0.1) is 0 Å². The average molecular weight is 365 g/mol. The fourth-order valence-corrected chi connectivity index (χ4v) is 2.53. The molecule has 0 atom stereocenters. The minimum Gasteiger partial charge on any atom is -0.339 e. The summed E-state index contributed by atoms with van der Waals surface area (Å²) in [6.07, 6.45) is 1.42. The van der Waals surface area contributed by atoms with Gasteiger partial charge in [0.1, 0.15) is 0 Å². The fraction of sp³-hybridized carbons (Fsp3) is 0.375. The van der Waals surface area contributed by atoms with E-state index in [-0.39, 0.29) is 36.5 Å². The van der Waals surface area contributed by atoms with E-state index in [2.05, 4.69) is 15.5 Å². The zero-order valence-electron chi connectivity index (χ0n) is 14.0. The van der Waals surface area contributed by atoms with Crippen LogP contribution in [0.25, 0.3) is 5.69 Å². The lowest BCUT2D eigenvalue weighted by molar-refractivity contribution is -0.132. The van der Waals surface area contributed by atoms with Crippen LogP contribution in [0.3, 0.4) is 0 Å². The van der Waals surface area contributed by atoms with Gasteiger partial charge < -0.3 is 15.1 Å². The van der Waals surface area contributed by atoms with Gasteiger partial charge in [-0.2, -0.15) is 9.90 Å². The van der Waals surface area contributed by atoms with Crippen molar-refractivity contribution >= 4 is 24.2 Å². The molecule has 0 saturated carbocycles. The first kappa shape index (κ1) is 18.9. The molecule has 1 N–H and O–H groups in total. The van der Waals surface area contributed by atoms with Crippen molar-refractivity contribution in [1.29, 1.82) is 0 Å². The molecule has 0 radical (unpaired) electrons. The third kappa shape index (κ3) is 4.55. The van der Waals surface area contributed by atoms with Gasteiger partial charge in [-0.25, -0.2) is 0 Å². The summed E-state index contributed by atoms with van der Waals surface area (Å²) >= 11 is 0. The zero-order valence-corrected chi connectivity index (χ0v) is 14.8. The van der Waals surface area contributed by atoms with Crippen LogP contribution < -0.4 is 5.32 Å². The van der Waals surface area contributed by atoms with E-state index in [0.717, 1.165) is 18.8 Å². The highest BCUT2D eigenvalue weighted by Gasteiger charge is 2.22. The molecule has 1 aliphatic rings. The Kier molecular flexibility index (Phi) is 6.49. The molecule has 1 saturated heterocycles. The molecule has 2 aromatic rings. The molecule has 0 bridgehead atoms. The normalized spacial score (nSPS) is 13.9. The van der Waals surface area contributed by atoms with Gasteiger partial charge in [0, 0.05) is 33.2 Å². The largest absolute Gasteiger partial charge is 0.339 e. The van der Waals surface area contributed by atoms with E-state index in [1.165, 1.54) is 15.9 Å². The Morgan fingerprint density at radius 1 is 1.20 bits per heavy atom. The lowest BCUT2D eigenvalue weighted by Crippen LogP contribution is -2.49. The molecule has 1 aromatic carbocycles. The molecule has 2 heterocycles. The van der Waals surface area contributed by atoms with Crippen LogP contribution in [-0.2, 0) is 4.79 Å². The van der Waals surface area contributed by atoms with Crippen LogP contribution in [0.1, 0.15) is 10.5 Å². The molecular formula is C16H21ClN6O2. The molecule has 1 aromatic heterocycles. The van der Waals surface area contributed by atoms with Gasteiger partial charge in [0.2, 0.25) is 5.91 Å². The van der Waals surface area contributed by atoms with E-state index in [0.29, 0.717) is 13.1 Å². The lowest BCUT2D eigenvalue weighted by Gasteiger charge is -2.29. The highest BCUT2D eigenvalue weighted by Crippen LogP contribution is 2.06. The van der Waals surface area contributed by atoms with E-state index in [4.69, 9.17) is 0 Å². The number of para-hydroxylation sites is 1. The summed E-state index contributed by atoms with van der Waals surface area (Å²) in [6.45, 7) is 2.96. The molecule has 0 unspecified atom stereocenters. The minimum atomic E-state index is -0.319. The highest BCUT2D eigenvalue weighted by molar-refractivity contribution is 5.94. The molecule has 3 rings (SSSR count). The predicted octanol–water partition coefficient (Wildman–Crippen LogP) is 0.193. The zero-order chi connectivity index (χ0) is 16.9. The van der Waals surface area contributed by atoms with Crippen LogP contribution >= 0.6 is 12.4 Å². The van der Waals surface area contributed by atoms with Gasteiger partial charge >= 0.3 is 0 Å². The minimum absolute atomic E-state index is 0. The quantitative estimate of drug-likeness (QED) is 0.837. The smallest absolute Gasteiger partial charge is 0.276 e. The maximum absolute atomic E-state index is 12.4. The number of piperazine rings is 1. The van der Waals surface area contributed by atoms with E-state index in [9.17, 15) is 9.59 Å².